The van der Waals surface area contributed by atoms with Crippen molar-refractivity contribution < 1.29 is 76.2 Å². The Bertz CT molecular complexity index is 5150. The maximum absolute atomic E-state index is 12.7. The fraction of sp³-hybridized carbons (Fsp3) is 0.303. The monoisotopic (exact) mass is 1510 g/mol. The van der Waals surface area contributed by atoms with Gasteiger partial charge in [0, 0.05) is 63.4 Å². The first kappa shape index (κ1) is 80.0. The van der Waals surface area contributed by atoms with Crippen LogP contribution < -0.4 is 24.2 Å². The van der Waals surface area contributed by atoms with Crippen LogP contribution in [0.25, 0.3) is 44.1 Å². The first-order valence-corrected chi connectivity index (χ1v) is 32.9. The van der Waals surface area contributed by atoms with Gasteiger partial charge in [-0.1, -0.05) is 78.6 Å². The number of aromatic carboxylic acids is 1. The molecule has 13 rings (SSSR count). The van der Waals surface area contributed by atoms with Crippen LogP contribution in [0.3, 0.4) is 0 Å². The van der Waals surface area contributed by atoms with E-state index in [-0.39, 0.29) is 64.1 Å². The smallest absolute Gasteiger partial charge is 0.870 e. The Hall–Kier alpha value is -9.28. The van der Waals surface area contributed by atoms with Crippen molar-refractivity contribution in [1.82, 2.24) is 80.1 Å². The maximum Gasteiger partial charge on any atom is 1.00 e. The van der Waals surface area contributed by atoms with Crippen LogP contribution in [0, 0.1) is 83.1 Å². The summed E-state index contributed by atoms with van der Waals surface area (Å²) < 4.78 is 35.5. The van der Waals surface area contributed by atoms with Crippen LogP contribution in [-0.4, -0.2) is 128 Å². The van der Waals surface area contributed by atoms with Crippen LogP contribution in [0.4, 0.5) is 5.69 Å². The zero-order valence-electron chi connectivity index (χ0n) is 57.8. The minimum absolute atomic E-state index is 0. The second kappa shape index (κ2) is 34.6. The molecule has 12 heterocycles. The van der Waals surface area contributed by atoms with Crippen molar-refractivity contribution in [3.05, 3.63) is 187 Å². The fourth-order valence-electron chi connectivity index (χ4n) is 10.3. The number of carboxylic acids is 1. The summed E-state index contributed by atoms with van der Waals surface area (Å²) in [6.07, 6.45) is 5.51. The number of esters is 2. The number of carbonyl (C=O) groups excluding carboxylic acids is 3. The van der Waals surface area contributed by atoms with Gasteiger partial charge in [0.25, 0.3) is 5.91 Å². The summed E-state index contributed by atoms with van der Waals surface area (Å²) in [4.78, 5) is 64.5. The predicted molar refractivity (Wildman–Crippen MR) is 376 cm³/mol. The summed E-state index contributed by atoms with van der Waals surface area (Å²) in [6, 6.07) is 6.83. The Morgan fingerprint density at radius 1 is 0.490 bits per heavy atom. The molecule has 0 saturated heterocycles. The number of amides is 1. The number of hydrogen-bond acceptors (Lipinski definition) is 23. The first-order chi connectivity index (χ1) is 47.6. The number of nitrogens with zero attached hydrogens (tertiary/aromatic N) is 15. The third-order valence-corrected chi connectivity index (χ3v) is 17.8. The normalized spacial score (nSPS) is 10.8. The summed E-state index contributed by atoms with van der Waals surface area (Å²) in [7, 11) is 0. The number of aromatic amines is 1. The number of ether oxygens (including phenoxy) is 2. The number of H-pyrrole nitrogens is 1. The number of carboxylic acid groups (broad SMARTS) is 1. The van der Waals surface area contributed by atoms with Gasteiger partial charge in [0.05, 0.1) is 142 Å². The molecule has 530 valence electrons. The van der Waals surface area contributed by atoms with Crippen LogP contribution >= 0.6 is 69.6 Å². The SMILES string of the molecule is CCOC(=O)c1cnc2c(c(C)nn2Cc2c(C)noc2C)c1Cl.CCOC(=O)c1cnc2n[nH]c(C)c2c1Cl.Cc1noc(C)c1CCl.Cc1noc(C)c1Cn1nc(C)c2c(Cl)c(C(=O)Nc3ccc(Cl)cc3)cnc21.Cc1noc(C)c1Cn1nc(C)c2c(Cl)c(C(=O)O)cnc21.[Li+].[OH-]. The third kappa shape index (κ3) is 17.3. The van der Waals surface area contributed by atoms with Crippen molar-refractivity contribution in [3.63, 3.8) is 0 Å². The van der Waals surface area contributed by atoms with Crippen molar-refractivity contribution in [3.8, 4) is 0 Å². The molecule has 102 heavy (non-hydrogen) atoms. The zero-order valence-corrected chi connectivity index (χ0v) is 62.3. The Morgan fingerprint density at radius 3 is 1.19 bits per heavy atom. The average molecular weight is 1510 g/mol. The molecule has 12 aromatic heterocycles. The van der Waals surface area contributed by atoms with Gasteiger partial charge in [0.15, 0.2) is 22.6 Å². The average Bonchev–Trinajstić information content (AvgIpc) is 1.62. The van der Waals surface area contributed by atoms with Gasteiger partial charge in [-0.15, -0.1) is 11.6 Å². The largest absolute Gasteiger partial charge is 1.00 e. The van der Waals surface area contributed by atoms with Gasteiger partial charge < -0.3 is 43.5 Å². The number of alkyl halides is 1. The first-order valence-electron chi connectivity index (χ1n) is 30.5. The van der Waals surface area contributed by atoms with Gasteiger partial charge in [-0.05, 0) is 121 Å². The van der Waals surface area contributed by atoms with E-state index in [0.717, 1.165) is 68.0 Å². The number of anilines is 1. The topological polar surface area (TPSA) is 387 Å². The number of aromatic nitrogens is 16. The van der Waals surface area contributed by atoms with E-state index in [0.29, 0.717) is 125 Å². The van der Waals surface area contributed by atoms with Gasteiger partial charge >= 0.3 is 36.8 Å². The van der Waals surface area contributed by atoms with Crippen LogP contribution in [0.2, 0.25) is 25.1 Å². The molecule has 0 aliphatic heterocycles. The molecule has 4 N–H and O–H groups in total. The van der Waals surface area contributed by atoms with Gasteiger partial charge in [-0.3, -0.25) is 9.89 Å². The number of nitrogens with one attached hydrogen (secondary N) is 2. The number of aryl methyl sites for hydroxylation is 12. The van der Waals surface area contributed by atoms with E-state index in [4.69, 9.17) is 102 Å². The van der Waals surface area contributed by atoms with E-state index in [2.05, 4.69) is 71.4 Å². The second-order valence-electron chi connectivity index (χ2n) is 22.4. The molecule has 0 unspecified atom stereocenters. The molecule has 0 spiro atoms. The van der Waals surface area contributed by atoms with Crippen LogP contribution in [0.5, 0.6) is 0 Å². The molecule has 0 bridgehead atoms. The molecule has 13 aromatic rings. The number of benzene rings is 1. The van der Waals surface area contributed by atoms with E-state index in [1.807, 2.05) is 76.2 Å². The Kier molecular flexibility index (Phi) is 27.1. The molecule has 0 atom stereocenters. The number of halogens is 6. The Labute approximate surface area is 623 Å². The summed E-state index contributed by atoms with van der Waals surface area (Å²) in [5.41, 5.74) is 13.5. The third-order valence-electron chi connectivity index (χ3n) is 15.7. The minimum atomic E-state index is -1.11. The molecule has 29 nitrogen and oxygen atoms in total. The number of hydrogen-bond donors (Lipinski definition) is 3. The van der Waals surface area contributed by atoms with Gasteiger partial charge in [0.2, 0.25) is 0 Å². The van der Waals surface area contributed by atoms with Crippen molar-refractivity contribution >= 4 is 143 Å². The predicted octanol–water partition coefficient (Wildman–Crippen LogP) is 11.9. The molecule has 0 aliphatic rings. The maximum atomic E-state index is 12.7. The van der Waals surface area contributed by atoms with Crippen molar-refractivity contribution in [2.75, 3.05) is 18.5 Å². The number of carbonyl (C=O) groups is 4. The Balaban J connectivity index is 0.000000184. The van der Waals surface area contributed by atoms with Crippen molar-refractivity contribution in [2.45, 2.75) is 122 Å². The van der Waals surface area contributed by atoms with Crippen LogP contribution in [-0.2, 0) is 35.0 Å². The zero-order chi connectivity index (χ0) is 72.7. The summed E-state index contributed by atoms with van der Waals surface area (Å²) in [6.45, 7) is 27.5. The summed E-state index contributed by atoms with van der Waals surface area (Å²) in [5, 5.41) is 51.9. The second-order valence-corrected chi connectivity index (χ2v) is 24.6. The van der Waals surface area contributed by atoms with Gasteiger partial charge in [0.1, 0.15) is 23.0 Å². The van der Waals surface area contributed by atoms with Crippen molar-refractivity contribution in [1.29, 1.82) is 0 Å². The fourth-order valence-corrected chi connectivity index (χ4v) is 12.2. The van der Waals surface area contributed by atoms with E-state index in [1.54, 1.807) is 59.1 Å². The number of pyridine rings is 4. The molecule has 36 heteroatoms. The summed E-state index contributed by atoms with van der Waals surface area (Å²) >= 11 is 36.8. The van der Waals surface area contributed by atoms with Crippen molar-refractivity contribution in [2.24, 2.45) is 0 Å². The van der Waals surface area contributed by atoms with Gasteiger partial charge in [-0.2, -0.15) is 20.4 Å². The van der Waals surface area contributed by atoms with E-state index in [9.17, 15) is 19.2 Å². The number of fused-ring (bicyclic) bond motifs is 4. The minimum Gasteiger partial charge on any atom is -0.870 e. The van der Waals surface area contributed by atoms with Crippen LogP contribution in [0.15, 0.2) is 67.1 Å². The quantitative estimate of drug-likeness (QED) is 0.0517. The Morgan fingerprint density at radius 2 is 0.833 bits per heavy atom. The number of rotatable bonds is 14. The molecule has 0 saturated carbocycles. The van der Waals surface area contributed by atoms with E-state index >= 15 is 0 Å². The molecule has 0 radical (unpaired) electrons. The van der Waals surface area contributed by atoms with Crippen LogP contribution in [0.1, 0.15) is 146 Å². The molecule has 1 aromatic carbocycles. The standard InChI is InChI=1S/C20H17Cl2N5O2.C16H17ClN4O3.C14H13ClN4O3.C10H10ClN3O2.C6H8ClNO.Li.H2O/c1-10-16(12(3)29-26-10)9-27-19-17(11(2)25-27)18(22)15(8-23-19)20(28)24-14-6-4-13(21)5-7-14;1-5-23-16(22)11-6-18-15-13(14(11)17)9(3)19-21(15)7-12-8(2)20-24-10(12)4;1-6-10(8(3)22-18-6)5-19-13-11(7(2)17-19)12(15)9(4-16-13)14(20)21;1-3-16-10(15)6-4-12-9-7(8(6)11)5(2)13-14-9;1-4-6(3-7)5(2)9-8-4;;/h4-8H,9H2,1-3H3,(H,24,28);6H,5,7H2,1-4H3;4H,5H2,1-3H3,(H,20,21);4H,3H2,1-2H3,(H,12,13,14);3H2,1-2H3;;1H2/q;;;;;+1;/p-1. The molecule has 0 aliphatic carbocycles. The summed E-state index contributed by atoms with van der Waals surface area (Å²) in [5.74, 6) is 1.06. The van der Waals surface area contributed by atoms with E-state index < -0.39 is 17.9 Å². The molecule has 0 fully saturated rings. The molecular formula is C66H66Cl6LiN17O12. The molecular weight excluding hydrogens is 1440 g/mol. The molecule has 1 amide bonds. The van der Waals surface area contributed by atoms with Gasteiger partial charge in [-0.25, -0.2) is 48.4 Å². The van der Waals surface area contributed by atoms with E-state index in [1.165, 1.54) is 24.8 Å².